The van der Waals surface area contributed by atoms with Crippen LogP contribution in [0.5, 0.6) is 5.75 Å². The number of alkyl carbamates (subject to hydrolysis) is 1. The molecule has 1 heterocycles. The van der Waals surface area contributed by atoms with Gasteiger partial charge in [0.05, 0.1) is 0 Å². The van der Waals surface area contributed by atoms with Gasteiger partial charge in [0, 0.05) is 6.54 Å². The lowest BCUT2D eigenvalue weighted by Gasteiger charge is -2.29. The number of rotatable bonds is 6. The minimum absolute atomic E-state index is 0.0978. The van der Waals surface area contributed by atoms with Crippen LogP contribution in [0, 0.1) is 5.41 Å². The first-order valence-corrected chi connectivity index (χ1v) is 9.00. The molecule has 0 aliphatic carbocycles. The Morgan fingerprint density at radius 3 is 2.31 bits per heavy atom. The lowest BCUT2D eigenvalue weighted by atomic mass is 9.92. The van der Waals surface area contributed by atoms with E-state index in [0.29, 0.717) is 18.1 Å². The minimum Gasteiger partial charge on any atom is -0.444 e. The molecule has 2 rings (SSSR count). The maximum atomic E-state index is 12.3. The summed E-state index contributed by atoms with van der Waals surface area (Å²) in [6.45, 7) is 10.8. The third-order valence-electron chi connectivity index (χ3n) is 3.80. The second kappa shape index (κ2) is 8.85. The highest BCUT2D eigenvalue weighted by molar-refractivity contribution is 5.80. The number of carbonyl (C=O) groups excluding carboxylic acids is 3. The van der Waals surface area contributed by atoms with Crippen molar-refractivity contribution in [1.82, 2.24) is 10.6 Å². The lowest BCUT2D eigenvalue weighted by molar-refractivity contribution is -0.156. The van der Waals surface area contributed by atoms with E-state index in [1.807, 2.05) is 0 Å². The Hall–Kier alpha value is -3.23. The summed E-state index contributed by atoms with van der Waals surface area (Å²) in [6, 6.07) is 6.79. The van der Waals surface area contributed by atoms with Gasteiger partial charge in [-0.25, -0.2) is 9.59 Å². The minimum atomic E-state index is -1.06. The molecule has 0 spiro atoms. The van der Waals surface area contributed by atoms with E-state index in [1.165, 1.54) is 0 Å². The molecule has 158 valence electrons. The fourth-order valence-corrected chi connectivity index (χ4v) is 2.22. The molecule has 1 aliphatic heterocycles. The van der Waals surface area contributed by atoms with Crippen molar-refractivity contribution >= 4 is 18.2 Å². The first kappa shape index (κ1) is 22.1. The van der Waals surface area contributed by atoms with Crippen LogP contribution in [0.1, 0.15) is 33.3 Å². The molecule has 1 fully saturated rings. The average Bonchev–Trinajstić information content (AvgIpc) is 2.62. The smallest absolute Gasteiger partial charge is 0.444 e. The number of benzene rings is 1. The van der Waals surface area contributed by atoms with E-state index in [4.69, 9.17) is 18.9 Å². The van der Waals surface area contributed by atoms with Crippen molar-refractivity contribution in [2.75, 3.05) is 13.2 Å². The maximum absolute atomic E-state index is 12.3. The average molecular weight is 406 g/mol. The Morgan fingerprint density at radius 1 is 1.17 bits per heavy atom. The molecule has 0 bridgehead atoms. The summed E-state index contributed by atoms with van der Waals surface area (Å²) in [6.07, 6.45) is -1.39. The molecule has 9 heteroatoms. The van der Waals surface area contributed by atoms with Crippen molar-refractivity contribution in [3.05, 3.63) is 42.2 Å². The quantitative estimate of drug-likeness (QED) is 0.548. The van der Waals surface area contributed by atoms with Crippen molar-refractivity contribution in [2.24, 2.45) is 5.41 Å². The van der Waals surface area contributed by atoms with E-state index in [9.17, 15) is 14.4 Å². The van der Waals surface area contributed by atoms with Crippen molar-refractivity contribution in [3.63, 3.8) is 0 Å². The predicted molar refractivity (Wildman–Crippen MR) is 103 cm³/mol. The molecular weight excluding hydrogens is 380 g/mol. The van der Waals surface area contributed by atoms with Gasteiger partial charge in [-0.2, -0.15) is 0 Å². The summed E-state index contributed by atoms with van der Waals surface area (Å²) in [5, 5.41) is 5.46. The molecule has 1 aliphatic rings. The summed E-state index contributed by atoms with van der Waals surface area (Å²) in [4.78, 5) is 35.0. The van der Waals surface area contributed by atoms with Crippen LogP contribution < -0.4 is 15.4 Å². The second-order valence-corrected chi connectivity index (χ2v) is 7.88. The van der Waals surface area contributed by atoms with Crippen LogP contribution in [0.4, 0.5) is 9.59 Å². The topological polar surface area (TPSA) is 112 Å². The number of nitrogens with one attached hydrogen (secondary N) is 2. The van der Waals surface area contributed by atoms with Gasteiger partial charge in [-0.1, -0.05) is 18.7 Å². The van der Waals surface area contributed by atoms with E-state index < -0.39 is 29.2 Å². The summed E-state index contributed by atoms with van der Waals surface area (Å²) in [5.74, 6) is 0.0999. The molecule has 1 aromatic rings. The third kappa shape index (κ3) is 7.02. The first-order valence-electron chi connectivity index (χ1n) is 9.00. The largest absolute Gasteiger partial charge is 0.508 e. The van der Waals surface area contributed by atoms with E-state index in [1.54, 1.807) is 52.0 Å². The lowest BCUT2D eigenvalue weighted by Crippen LogP contribution is -2.45. The van der Waals surface area contributed by atoms with Gasteiger partial charge in [-0.05, 0) is 45.4 Å². The van der Waals surface area contributed by atoms with Gasteiger partial charge >= 0.3 is 18.2 Å². The Kier molecular flexibility index (Phi) is 6.73. The maximum Gasteiger partial charge on any atom is 0.508 e. The molecule has 0 radical (unpaired) electrons. The Morgan fingerprint density at radius 2 is 1.76 bits per heavy atom. The highest BCUT2D eigenvalue weighted by Gasteiger charge is 2.42. The van der Waals surface area contributed by atoms with Gasteiger partial charge in [0.1, 0.15) is 35.8 Å². The Labute approximate surface area is 169 Å². The van der Waals surface area contributed by atoms with Crippen LogP contribution in [0.25, 0.3) is 0 Å². The molecule has 0 unspecified atom stereocenters. The summed E-state index contributed by atoms with van der Waals surface area (Å²) < 4.78 is 20.0. The molecule has 1 aromatic carbocycles. The van der Waals surface area contributed by atoms with Crippen LogP contribution in [-0.2, 0) is 25.5 Å². The number of hydrogen-bond acceptors (Lipinski definition) is 8. The predicted octanol–water partition coefficient (Wildman–Crippen LogP) is 2.85. The molecule has 0 saturated carbocycles. The van der Waals surface area contributed by atoms with Crippen LogP contribution in [0.15, 0.2) is 36.7 Å². The van der Waals surface area contributed by atoms with Gasteiger partial charge in [0.25, 0.3) is 0 Å². The Bertz CT molecular complexity index is 771. The van der Waals surface area contributed by atoms with Gasteiger partial charge < -0.3 is 24.3 Å². The van der Waals surface area contributed by atoms with Crippen LogP contribution in [0.2, 0.25) is 0 Å². The van der Waals surface area contributed by atoms with Crippen molar-refractivity contribution in [2.45, 2.75) is 39.8 Å². The molecule has 29 heavy (non-hydrogen) atoms. The number of hydrogen-bond donors (Lipinski definition) is 2. The number of cyclic esters (lactones) is 2. The fraction of sp³-hybridized carbons (Fsp3) is 0.450. The van der Waals surface area contributed by atoms with Gasteiger partial charge in [-0.15, -0.1) is 0 Å². The van der Waals surface area contributed by atoms with Gasteiger partial charge in [-0.3, -0.25) is 10.1 Å². The number of amides is 1. The van der Waals surface area contributed by atoms with E-state index in [2.05, 4.69) is 17.2 Å². The molecule has 1 amide bonds. The van der Waals surface area contributed by atoms with Crippen molar-refractivity contribution in [3.8, 4) is 5.75 Å². The highest BCUT2D eigenvalue weighted by atomic mass is 16.7. The second-order valence-electron chi connectivity index (χ2n) is 7.88. The highest BCUT2D eigenvalue weighted by Crippen LogP contribution is 2.25. The summed E-state index contributed by atoms with van der Waals surface area (Å²) >= 11 is 0. The van der Waals surface area contributed by atoms with Gasteiger partial charge in [0.2, 0.25) is 0 Å². The summed E-state index contributed by atoms with van der Waals surface area (Å²) in [5.41, 5.74) is -0.780. The monoisotopic (exact) mass is 406 g/mol. The van der Waals surface area contributed by atoms with Crippen molar-refractivity contribution < 1.29 is 33.3 Å². The molecule has 9 nitrogen and oxygen atoms in total. The molecule has 0 atom stereocenters. The standard InChI is InChI=1S/C20H26N2O7/c1-13(22-17(24)29-19(2,3)4)21-10-14-6-8-15(9-7-14)28-16(23)20(5)11-26-18(25)27-12-20/h6-9,21H,1,10-12H2,2-5H3,(H,22,24). The van der Waals surface area contributed by atoms with Crippen LogP contribution >= 0.6 is 0 Å². The van der Waals surface area contributed by atoms with E-state index in [-0.39, 0.29) is 13.2 Å². The molecular formula is C20H26N2O7. The number of carbonyl (C=O) groups is 3. The zero-order valence-electron chi connectivity index (χ0n) is 17.0. The zero-order valence-corrected chi connectivity index (χ0v) is 17.0. The van der Waals surface area contributed by atoms with Crippen LogP contribution in [0.3, 0.4) is 0 Å². The third-order valence-corrected chi connectivity index (χ3v) is 3.80. The summed E-state index contributed by atoms with van der Waals surface area (Å²) in [7, 11) is 0. The van der Waals surface area contributed by atoms with E-state index in [0.717, 1.165) is 5.56 Å². The number of esters is 1. The normalized spacial score (nSPS) is 15.4. The Balaban J connectivity index is 1.81. The first-order chi connectivity index (χ1) is 13.5. The molecule has 2 N–H and O–H groups in total. The fourth-order valence-electron chi connectivity index (χ4n) is 2.22. The SMILES string of the molecule is C=C(NCc1ccc(OC(=O)C2(C)COC(=O)OC2)cc1)NC(=O)OC(C)(C)C. The number of ether oxygens (including phenoxy) is 4. The zero-order chi connectivity index (χ0) is 21.7. The van der Waals surface area contributed by atoms with Crippen molar-refractivity contribution in [1.29, 1.82) is 0 Å². The molecule has 1 saturated heterocycles. The van der Waals surface area contributed by atoms with Gasteiger partial charge in [0.15, 0.2) is 0 Å². The van der Waals surface area contributed by atoms with Crippen LogP contribution in [-0.4, -0.2) is 37.0 Å². The molecule has 0 aromatic heterocycles. The van der Waals surface area contributed by atoms with E-state index >= 15 is 0 Å².